The van der Waals surface area contributed by atoms with E-state index >= 15 is 0 Å². The van der Waals surface area contributed by atoms with Gasteiger partial charge in [-0.1, -0.05) is 6.07 Å². The maximum Gasteiger partial charge on any atom is 0.417 e. The Bertz CT molecular complexity index is 483. The number of benzene rings is 1. The van der Waals surface area contributed by atoms with Crippen molar-refractivity contribution in [3.8, 4) is 5.75 Å². The Morgan fingerprint density at radius 3 is 2.74 bits per heavy atom. The van der Waals surface area contributed by atoms with Crippen LogP contribution in [0.4, 0.5) is 13.2 Å². The minimum Gasteiger partial charge on any atom is -0.491 e. The second-order valence-electron chi connectivity index (χ2n) is 4.46. The van der Waals surface area contributed by atoms with Crippen molar-refractivity contribution in [3.63, 3.8) is 0 Å². The van der Waals surface area contributed by atoms with Gasteiger partial charge in [-0.2, -0.15) is 13.2 Å². The molecule has 0 bridgehead atoms. The highest BCUT2D eigenvalue weighted by Crippen LogP contribution is 2.26. The van der Waals surface area contributed by atoms with Crippen molar-refractivity contribution < 1.29 is 27.8 Å². The summed E-state index contributed by atoms with van der Waals surface area (Å²) in [6.07, 6.45) is -5.21. The average molecular weight is 274 g/mol. The van der Waals surface area contributed by atoms with Crippen LogP contribution in [0, 0.1) is 0 Å². The molecule has 0 aliphatic heterocycles. The van der Waals surface area contributed by atoms with E-state index in [2.05, 4.69) is 0 Å². The van der Waals surface area contributed by atoms with Crippen molar-refractivity contribution >= 4 is 5.78 Å². The van der Waals surface area contributed by atoms with E-state index in [1.54, 1.807) is 6.07 Å². The summed E-state index contributed by atoms with van der Waals surface area (Å²) in [5.41, 5.74) is 1.39. The molecule has 0 aromatic heterocycles. The lowest BCUT2D eigenvalue weighted by molar-refractivity contribution is -0.210. The molecule has 0 fully saturated rings. The molecular formula is C13H13F3O3. The zero-order valence-electron chi connectivity index (χ0n) is 10.0. The van der Waals surface area contributed by atoms with E-state index in [0.29, 0.717) is 12.0 Å². The molecule has 3 nitrogen and oxygen atoms in total. The van der Waals surface area contributed by atoms with Crippen LogP contribution in [-0.2, 0) is 6.42 Å². The number of alkyl halides is 3. The molecule has 1 aliphatic carbocycles. The van der Waals surface area contributed by atoms with Crippen molar-refractivity contribution in [2.24, 2.45) is 0 Å². The van der Waals surface area contributed by atoms with Gasteiger partial charge in [-0.25, -0.2) is 0 Å². The van der Waals surface area contributed by atoms with Crippen molar-refractivity contribution in [1.29, 1.82) is 0 Å². The Labute approximate surface area is 108 Å². The molecule has 1 atom stereocenters. The second kappa shape index (κ2) is 5.21. The van der Waals surface area contributed by atoms with Gasteiger partial charge in [0.1, 0.15) is 12.4 Å². The number of carbonyl (C=O) groups is 1. The second-order valence-corrected chi connectivity index (χ2v) is 4.46. The largest absolute Gasteiger partial charge is 0.491 e. The van der Waals surface area contributed by atoms with Crippen molar-refractivity contribution in [2.75, 3.05) is 6.61 Å². The quantitative estimate of drug-likeness (QED) is 0.921. The Kier molecular flexibility index (Phi) is 3.80. The number of ketones is 1. The molecule has 0 saturated heterocycles. The Hall–Kier alpha value is -1.56. The van der Waals surface area contributed by atoms with E-state index in [1.165, 1.54) is 12.1 Å². The third-order valence-corrected chi connectivity index (χ3v) is 3.02. The molecule has 0 spiro atoms. The molecule has 1 aliphatic rings. The van der Waals surface area contributed by atoms with Crippen molar-refractivity contribution in [3.05, 3.63) is 29.3 Å². The maximum absolute atomic E-state index is 12.1. The first-order valence-electron chi connectivity index (χ1n) is 5.91. The lowest BCUT2D eigenvalue weighted by atomic mass is 9.90. The number of Topliss-reactive ketones (excluding diaryl/α,β-unsaturated/α-hetero) is 1. The minimum absolute atomic E-state index is 0.0249. The number of hydrogen-bond donors (Lipinski definition) is 1. The number of halogens is 3. The number of aryl methyl sites for hydroxylation is 1. The molecule has 0 amide bonds. The first kappa shape index (κ1) is 13.9. The zero-order valence-corrected chi connectivity index (χ0v) is 10.0. The van der Waals surface area contributed by atoms with Crippen LogP contribution in [0.2, 0.25) is 0 Å². The van der Waals surface area contributed by atoms with Gasteiger partial charge in [0.25, 0.3) is 0 Å². The molecule has 0 saturated carbocycles. The van der Waals surface area contributed by atoms with Gasteiger partial charge in [0.05, 0.1) is 0 Å². The standard InChI is InChI=1S/C13H13F3O3/c14-13(15,16)12(18)7-19-9-5-4-8-2-1-3-11(17)10(8)6-9/h4-6,12,18H,1-3,7H2. The summed E-state index contributed by atoms with van der Waals surface area (Å²) in [5.74, 6) is 0.139. The fourth-order valence-corrected chi connectivity index (χ4v) is 1.97. The molecule has 0 radical (unpaired) electrons. The third-order valence-electron chi connectivity index (χ3n) is 3.02. The van der Waals surface area contributed by atoms with Gasteiger partial charge in [0.2, 0.25) is 0 Å². The monoisotopic (exact) mass is 274 g/mol. The molecule has 2 rings (SSSR count). The molecular weight excluding hydrogens is 261 g/mol. The molecule has 1 aromatic carbocycles. The van der Waals surface area contributed by atoms with E-state index in [-0.39, 0.29) is 11.5 Å². The smallest absolute Gasteiger partial charge is 0.417 e. The van der Waals surface area contributed by atoms with Crippen LogP contribution in [-0.4, -0.2) is 29.8 Å². The van der Waals surface area contributed by atoms with E-state index in [1.807, 2.05) is 0 Å². The minimum atomic E-state index is -4.70. The van der Waals surface area contributed by atoms with Gasteiger partial charge in [-0.15, -0.1) is 0 Å². The molecule has 19 heavy (non-hydrogen) atoms. The first-order valence-corrected chi connectivity index (χ1v) is 5.91. The molecule has 6 heteroatoms. The normalized spacial score (nSPS) is 16.9. The summed E-state index contributed by atoms with van der Waals surface area (Å²) in [6, 6.07) is 4.64. The van der Waals surface area contributed by atoms with E-state index in [9.17, 15) is 18.0 Å². The van der Waals surface area contributed by atoms with E-state index in [0.717, 1.165) is 18.4 Å². The molecule has 104 valence electrons. The van der Waals surface area contributed by atoms with Crippen LogP contribution < -0.4 is 4.74 Å². The van der Waals surface area contributed by atoms with Crippen LogP contribution >= 0.6 is 0 Å². The summed E-state index contributed by atoms with van der Waals surface area (Å²) < 4.78 is 41.2. The highest BCUT2D eigenvalue weighted by Gasteiger charge is 2.38. The number of hydrogen-bond acceptors (Lipinski definition) is 3. The topological polar surface area (TPSA) is 46.5 Å². The van der Waals surface area contributed by atoms with Crippen LogP contribution in [0.25, 0.3) is 0 Å². The predicted octanol–water partition coefficient (Wildman–Crippen LogP) is 2.51. The molecule has 0 heterocycles. The van der Waals surface area contributed by atoms with Gasteiger partial charge >= 0.3 is 6.18 Å². The van der Waals surface area contributed by atoms with Crippen molar-refractivity contribution in [1.82, 2.24) is 0 Å². The molecule has 1 N–H and O–H groups in total. The maximum atomic E-state index is 12.1. The summed E-state index contributed by atoms with van der Waals surface area (Å²) in [7, 11) is 0. The summed E-state index contributed by atoms with van der Waals surface area (Å²) >= 11 is 0. The van der Waals surface area contributed by atoms with Crippen LogP contribution in [0.15, 0.2) is 18.2 Å². The molecule has 1 unspecified atom stereocenters. The molecule has 1 aromatic rings. The van der Waals surface area contributed by atoms with Gasteiger partial charge in [-0.3, -0.25) is 4.79 Å². The number of aliphatic hydroxyl groups is 1. The van der Waals surface area contributed by atoms with Crippen LogP contribution in [0.3, 0.4) is 0 Å². The summed E-state index contributed by atoms with van der Waals surface area (Å²) in [5, 5.41) is 8.82. The number of carbonyl (C=O) groups excluding carboxylic acids is 1. The highest BCUT2D eigenvalue weighted by molar-refractivity contribution is 5.98. The van der Waals surface area contributed by atoms with Gasteiger partial charge < -0.3 is 9.84 Å². The van der Waals surface area contributed by atoms with Crippen LogP contribution in [0.1, 0.15) is 28.8 Å². The Morgan fingerprint density at radius 1 is 1.32 bits per heavy atom. The SMILES string of the molecule is O=C1CCCc2ccc(OCC(O)C(F)(F)F)cc21. The number of fused-ring (bicyclic) bond motifs is 1. The van der Waals surface area contributed by atoms with Crippen LogP contribution in [0.5, 0.6) is 5.75 Å². The average Bonchev–Trinajstić information content (AvgIpc) is 2.35. The number of rotatable bonds is 3. The summed E-state index contributed by atoms with van der Waals surface area (Å²) in [6.45, 7) is -0.878. The van der Waals surface area contributed by atoms with E-state index in [4.69, 9.17) is 9.84 Å². The Balaban J connectivity index is 2.06. The highest BCUT2D eigenvalue weighted by atomic mass is 19.4. The fourth-order valence-electron chi connectivity index (χ4n) is 1.97. The number of ether oxygens (including phenoxy) is 1. The third kappa shape index (κ3) is 3.26. The zero-order chi connectivity index (χ0) is 14.0. The first-order chi connectivity index (χ1) is 8.88. The lowest BCUT2D eigenvalue weighted by Gasteiger charge is -2.18. The van der Waals surface area contributed by atoms with Gasteiger partial charge in [0.15, 0.2) is 11.9 Å². The summed E-state index contributed by atoms with van der Waals surface area (Å²) in [4.78, 5) is 11.7. The predicted molar refractivity (Wildman–Crippen MR) is 61.3 cm³/mol. The fraction of sp³-hybridized carbons (Fsp3) is 0.462. The Morgan fingerprint density at radius 2 is 2.05 bits per heavy atom. The van der Waals surface area contributed by atoms with Gasteiger partial charge in [-0.05, 0) is 30.5 Å². The lowest BCUT2D eigenvalue weighted by Crippen LogP contribution is -2.34. The van der Waals surface area contributed by atoms with Crippen molar-refractivity contribution in [2.45, 2.75) is 31.5 Å². The van der Waals surface area contributed by atoms with E-state index < -0.39 is 18.9 Å². The number of aliphatic hydroxyl groups excluding tert-OH is 1. The van der Waals surface area contributed by atoms with Gasteiger partial charge in [0, 0.05) is 12.0 Å².